The number of amides is 1. The Morgan fingerprint density at radius 1 is 0.967 bits per heavy atom. The van der Waals surface area contributed by atoms with Crippen molar-refractivity contribution in [2.24, 2.45) is 0 Å². The highest BCUT2D eigenvalue weighted by molar-refractivity contribution is 5.96. The maximum atomic E-state index is 12.6. The minimum Gasteiger partial charge on any atom is -0.313 e. The molecule has 0 fully saturated rings. The lowest BCUT2D eigenvalue weighted by molar-refractivity contribution is -0.118. The van der Waals surface area contributed by atoms with Gasteiger partial charge in [-0.05, 0) is 31.9 Å². The molecule has 2 aromatic heterocycles. The summed E-state index contributed by atoms with van der Waals surface area (Å²) >= 11 is 0. The number of hydrogen-bond donors (Lipinski definition) is 0. The Hall–Kier alpha value is -3.41. The molecule has 0 bridgehead atoms. The Bertz CT molecular complexity index is 1040. The first-order valence-corrected chi connectivity index (χ1v) is 10.0. The predicted octanol–water partition coefficient (Wildman–Crippen LogP) is 4.34. The second-order valence-electron chi connectivity index (χ2n) is 7.27. The molecule has 1 aromatic carbocycles. The van der Waals surface area contributed by atoms with Crippen LogP contribution in [0.1, 0.15) is 47.1 Å². The van der Waals surface area contributed by atoms with Gasteiger partial charge in [0.25, 0.3) is 0 Å². The predicted molar refractivity (Wildman–Crippen MR) is 118 cm³/mol. The molecule has 0 saturated carbocycles. The van der Waals surface area contributed by atoms with Crippen molar-refractivity contribution < 1.29 is 9.59 Å². The summed E-state index contributed by atoms with van der Waals surface area (Å²) in [5, 5.41) is 0. The largest absolute Gasteiger partial charge is 0.313 e. The molecule has 0 aliphatic rings. The number of Topliss-reactive ketones (excluding diaryl/α,β-unsaturated/α-hetero) is 1. The Morgan fingerprint density at radius 3 is 2.23 bits per heavy atom. The molecule has 0 saturated heterocycles. The number of nitrogens with zero attached hydrogens (tertiary/aromatic N) is 4. The molecule has 0 aliphatic heterocycles. The van der Waals surface area contributed by atoms with Gasteiger partial charge in [-0.2, -0.15) is 0 Å². The van der Waals surface area contributed by atoms with E-state index in [1.54, 1.807) is 19.4 Å². The van der Waals surface area contributed by atoms with E-state index in [4.69, 9.17) is 0 Å². The first kappa shape index (κ1) is 21.3. The van der Waals surface area contributed by atoms with Gasteiger partial charge in [0.15, 0.2) is 11.6 Å². The Balaban J connectivity index is 1.65. The van der Waals surface area contributed by atoms with Gasteiger partial charge in [0.05, 0.1) is 18.1 Å². The fourth-order valence-corrected chi connectivity index (χ4v) is 3.20. The van der Waals surface area contributed by atoms with Crippen molar-refractivity contribution in [2.45, 2.75) is 40.0 Å². The maximum absolute atomic E-state index is 12.6. The summed E-state index contributed by atoms with van der Waals surface area (Å²) in [4.78, 5) is 39.1. The molecule has 3 aromatic rings. The number of carbonyl (C=O) groups excluding carboxylic acids is 2. The number of aromatic nitrogens is 3. The molecule has 6 nitrogen and oxygen atoms in total. The van der Waals surface area contributed by atoms with Gasteiger partial charge in [-0.1, -0.05) is 37.3 Å². The molecule has 0 atom stereocenters. The average Bonchev–Trinajstić information content (AvgIpc) is 2.77. The maximum Gasteiger partial charge on any atom is 0.226 e. The lowest BCUT2D eigenvalue weighted by Crippen LogP contribution is -2.25. The Kier molecular flexibility index (Phi) is 6.67. The number of rotatable bonds is 7. The summed E-state index contributed by atoms with van der Waals surface area (Å²) in [7, 11) is 1.71. The summed E-state index contributed by atoms with van der Waals surface area (Å²) in [5.41, 5.74) is 5.20. The minimum atomic E-state index is 0.00540. The molecule has 0 unspecified atom stereocenters. The Labute approximate surface area is 177 Å². The average molecular weight is 402 g/mol. The number of ketones is 1. The van der Waals surface area contributed by atoms with Gasteiger partial charge in [-0.3, -0.25) is 14.6 Å². The molecular formula is C24H26N4O2. The van der Waals surface area contributed by atoms with E-state index in [1.807, 2.05) is 57.2 Å². The zero-order valence-corrected chi connectivity index (χ0v) is 17.8. The van der Waals surface area contributed by atoms with Crippen molar-refractivity contribution in [3.8, 4) is 11.4 Å². The molecular weight excluding hydrogens is 376 g/mol. The minimum absolute atomic E-state index is 0.00540. The quantitative estimate of drug-likeness (QED) is 0.549. The molecule has 2 heterocycles. The van der Waals surface area contributed by atoms with Crippen molar-refractivity contribution in [2.75, 3.05) is 11.9 Å². The summed E-state index contributed by atoms with van der Waals surface area (Å²) in [5.74, 6) is 0.653. The third kappa shape index (κ3) is 4.95. The third-order valence-corrected chi connectivity index (χ3v) is 5.12. The van der Waals surface area contributed by atoms with Gasteiger partial charge in [0.1, 0.15) is 0 Å². The number of carbonyl (C=O) groups is 2. The fourth-order valence-electron chi connectivity index (χ4n) is 3.20. The zero-order chi connectivity index (χ0) is 21.7. The first-order chi connectivity index (χ1) is 14.4. The van der Waals surface area contributed by atoms with Crippen molar-refractivity contribution in [3.63, 3.8) is 0 Å². The summed E-state index contributed by atoms with van der Waals surface area (Å²) in [6, 6.07) is 11.3. The van der Waals surface area contributed by atoms with Gasteiger partial charge < -0.3 is 4.90 Å². The van der Waals surface area contributed by atoms with Gasteiger partial charge in [-0.15, -0.1) is 0 Å². The number of pyridine rings is 1. The summed E-state index contributed by atoms with van der Waals surface area (Å²) in [6.07, 6.45) is 4.80. The fraction of sp³-hybridized carbons (Fsp3) is 0.292. The van der Waals surface area contributed by atoms with Crippen LogP contribution in [-0.2, 0) is 11.2 Å². The lowest BCUT2D eigenvalue weighted by atomic mass is 10.0. The number of aryl methyl sites for hydroxylation is 3. The van der Waals surface area contributed by atoms with E-state index in [0.29, 0.717) is 36.3 Å². The monoisotopic (exact) mass is 402 g/mol. The number of anilines is 1. The molecule has 0 N–H and O–H groups in total. The zero-order valence-electron chi connectivity index (χ0n) is 17.8. The van der Waals surface area contributed by atoms with Crippen LogP contribution in [0.5, 0.6) is 0 Å². The smallest absolute Gasteiger partial charge is 0.226 e. The van der Waals surface area contributed by atoms with Crippen molar-refractivity contribution in [1.29, 1.82) is 0 Å². The first-order valence-electron chi connectivity index (χ1n) is 10.0. The highest BCUT2D eigenvalue weighted by Crippen LogP contribution is 2.19. The van der Waals surface area contributed by atoms with E-state index in [2.05, 4.69) is 15.0 Å². The van der Waals surface area contributed by atoms with Crippen LogP contribution in [0.3, 0.4) is 0 Å². The van der Waals surface area contributed by atoms with E-state index in [0.717, 1.165) is 22.5 Å². The summed E-state index contributed by atoms with van der Waals surface area (Å²) in [6.45, 7) is 5.75. The van der Waals surface area contributed by atoms with Crippen molar-refractivity contribution in [1.82, 2.24) is 15.0 Å². The van der Waals surface area contributed by atoms with E-state index >= 15 is 0 Å². The van der Waals surface area contributed by atoms with Crippen LogP contribution in [0, 0.1) is 13.8 Å². The van der Waals surface area contributed by atoms with Gasteiger partial charge >= 0.3 is 0 Å². The Morgan fingerprint density at radius 2 is 1.63 bits per heavy atom. The number of benzene rings is 1. The van der Waals surface area contributed by atoms with Crippen LogP contribution >= 0.6 is 0 Å². The van der Waals surface area contributed by atoms with E-state index in [-0.39, 0.29) is 11.7 Å². The molecule has 6 heteroatoms. The van der Waals surface area contributed by atoms with Crippen molar-refractivity contribution >= 4 is 17.4 Å². The molecule has 1 amide bonds. The SMILES string of the molecule is CCC(=O)N(C)c1cnc(-c2ccc(C(=O)CCc3ccc(C)nc3C)cc2)nc1. The molecule has 0 aliphatic carbocycles. The van der Waals surface area contributed by atoms with Crippen LogP contribution in [0.4, 0.5) is 5.69 Å². The van der Waals surface area contributed by atoms with Gasteiger partial charge in [0.2, 0.25) is 5.91 Å². The lowest BCUT2D eigenvalue weighted by Gasteiger charge is -2.15. The molecule has 0 radical (unpaired) electrons. The normalized spacial score (nSPS) is 10.7. The van der Waals surface area contributed by atoms with Gasteiger partial charge in [-0.25, -0.2) is 9.97 Å². The van der Waals surface area contributed by atoms with Crippen LogP contribution in [0.25, 0.3) is 11.4 Å². The standard InChI is InChI=1S/C24H26N4O2/c1-5-23(30)28(4)21-14-25-24(26-15-21)20-10-8-19(9-11-20)22(29)13-12-18-7-6-16(2)27-17(18)3/h6-11,14-15H,5,12-13H2,1-4H3. The van der Waals surface area contributed by atoms with Crippen LogP contribution in [0.2, 0.25) is 0 Å². The van der Waals surface area contributed by atoms with Crippen molar-refractivity contribution in [3.05, 3.63) is 71.3 Å². The second kappa shape index (κ2) is 9.39. The molecule has 0 spiro atoms. The third-order valence-electron chi connectivity index (χ3n) is 5.12. The second-order valence-corrected chi connectivity index (χ2v) is 7.27. The highest BCUT2D eigenvalue weighted by Gasteiger charge is 2.12. The summed E-state index contributed by atoms with van der Waals surface area (Å²) < 4.78 is 0. The van der Waals surface area contributed by atoms with E-state index < -0.39 is 0 Å². The number of hydrogen-bond acceptors (Lipinski definition) is 5. The van der Waals surface area contributed by atoms with Crippen LogP contribution in [0.15, 0.2) is 48.8 Å². The van der Waals surface area contributed by atoms with Crippen LogP contribution < -0.4 is 4.90 Å². The van der Waals surface area contributed by atoms with Crippen LogP contribution in [-0.4, -0.2) is 33.7 Å². The van der Waals surface area contributed by atoms with Gasteiger partial charge in [0, 0.05) is 42.4 Å². The van der Waals surface area contributed by atoms with E-state index in [1.165, 1.54) is 4.90 Å². The topological polar surface area (TPSA) is 76.1 Å². The molecule has 3 rings (SSSR count). The highest BCUT2D eigenvalue weighted by atomic mass is 16.2. The molecule has 154 valence electrons. The van der Waals surface area contributed by atoms with E-state index in [9.17, 15) is 9.59 Å². The molecule has 30 heavy (non-hydrogen) atoms.